The van der Waals surface area contributed by atoms with E-state index in [4.69, 9.17) is 11.6 Å². The van der Waals surface area contributed by atoms with Crippen LogP contribution in [0.15, 0.2) is 52.3 Å². The predicted molar refractivity (Wildman–Crippen MR) is 96.4 cm³/mol. The first kappa shape index (κ1) is 13.9. The van der Waals surface area contributed by atoms with E-state index in [1.807, 2.05) is 0 Å². The molecule has 4 heteroatoms. The third-order valence-electron chi connectivity index (χ3n) is 3.00. The molecule has 1 unspecified atom stereocenters. The van der Waals surface area contributed by atoms with Crippen LogP contribution in [0.5, 0.6) is 0 Å². The Bertz CT molecular complexity index is 738. The summed E-state index contributed by atoms with van der Waals surface area (Å²) in [5, 5.41) is 3.29. The molecule has 19 heavy (non-hydrogen) atoms. The van der Waals surface area contributed by atoms with Crippen LogP contribution in [0.3, 0.4) is 0 Å². The molecule has 1 atom stereocenters. The fourth-order valence-corrected chi connectivity index (χ4v) is 4.69. The smallest absolute Gasteiger partial charge is 0.0849 e. The lowest BCUT2D eigenvalue weighted by Gasteiger charge is -2.10. The number of halogens is 3. The Morgan fingerprint density at radius 1 is 1.16 bits per heavy atom. The van der Waals surface area contributed by atoms with Crippen molar-refractivity contribution in [2.45, 2.75) is 5.38 Å². The molecule has 0 amide bonds. The van der Waals surface area contributed by atoms with E-state index in [1.165, 1.54) is 19.2 Å². The standard InChI is InChI=1S/C15H9BrClIS/c16-13-6-2-5-11-12(8-19-15(11)13)14(17)9-3-1-4-10(18)7-9/h1-8,14H. The first-order chi connectivity index (χ1) is 9.16. The maximum Gasteiger partial charge on any atom is 0.0849 e. The molecule has 0 N–H and O–H groups in total. The van der Waals surface area contributed by atoms with Crippen LogP contribution in [0.1, 0.15) is 16.5 Å². The van der Waals surface area contributed by atoms with Gasteiger partial charge in [0.2, 0.25) is 0 Å². The predicted octanol–water partition coefficient (Wildman–Crippen LogP) is 6.60. The Labute approximate surface area is 143 Å². The first-order valence-electron chi connectivity index (χ1n) is 5.72. The lowest BCUT2D eigenvalue weighted by atomic mass is 10.0. The fourth-order valence-electron chi connectivity index (χ4n) is 2.08. The lowest BCUT2D eigenvalue weighted by Crippen LogP contribution is -1.92. The topological polar surface area (TPSA) is 0 Å². The molecule has 96 valence electrons. The zero-order valence-corrected chi connectivity index (χ0v) is 15.1. The average Bonchev–Trinajstić information content (AvgIpc) is 2.83. The second-order valence-corrected chi connectivity index (χ2v) is 7.64. The van der Waals surface area contributed by atoms with Crippen molar-refractivity contribution in [3.05, 3.63) is 67.0 Å². The van der Waals surface area contributed by atoms with Gasteiger partial charge in [-0.2, -0.15) is 0 Å². The molecule has 3 rings (SSSR count). The largest absolute Gasteiger partial charge is 0.142 e. The third-order valence-corrected chi connectivity index (χ3v) is 6.12. The van der Waals surface area contributed by atoms with E-state index in [0.29, 0.717) is 0 Å². The van der Waals surface area contributed by atoms with Crippen molar-refractivity contribution in [1.82, 2.24) is 0 Å². The van der Waals surface area contributed by atoms with Gasteiger partial charge < -0.3 is 0 Å². The Kier molecular flexibility index (Phi) is 4.17. The van der Waals surface area contributed by atoms with Crippen LogP contribution < -0.4 is 0 Å². The van der Waals surface area contributed by atoms with Crippen molar-refractivity contribution in [3.63, 3.8) is 0 Å². The monoisotopic (exact) mass is 462 g/mol. The molecule has 1 aromatic heterocycles. The molecular formula is C15H9BrClIS. The number of rotatable bonds is 2. The second-order valence-electron chi connectivity index (χ2n) is 4.23. The number of hydrogen-bond donors (Lipinski definition) is 0. The van der Waals surface area contributed by atoms with Crippen LogP contribution in [0.25, 0.3) is 10.1 Å². The Morgan fingerprint density at radius 2 is 1.95 bits per heavy atom. The van der Waals surface area contributed by atoms with Crippen molar-refractivity contribution in [3.8, 4) is 0 Å². The highest BCUT2D eigenvalue weighted by atomic mass is 127. The van der Waals surface area contributed by atoms with Gasteiger partial charge in [0.15, 0.2) is 0 Å². The summed E-state index contributed by atoms with van der Waals surface area (Å²) in [4.78, 5) is 0. The highest BCUT2D eigenvalue weighted by Crippen LogP contribution is 2.40. The van der Waals surface area contributed by atoms with E-state index in [9.17, 15) is 0 Å². The highest BCUT2D eigenvalue weighted by molar-refractivity contribution is 14.1. The van der Waals surface area contributed by atoms with Gasteiger partial charge in [-0.25, -0.2) is 0 Å². The summed E-state index contributed by atoms with van der Waals surface area (Å²) < 4.78 is 3.60. The minimum Gasteiger partial charge on any atom is -0.142 e. The van der Waals surface area contributed by atoms with Gasteiger partial charge in [0.05, 0.1) is 5.38 Å². The van der Waals surface area contributed by atoms with Gasteiger partial charge in [0.25, 0.3) is 0 Å². The molecule has 1 heterocycles. The summed E-state index contributed by atoms with van der Waals surface area (Å²) in [7, 11) is 0. The lowest BCUT2D eigenvalue weighted by molar-refractivity contribution is 1.17. The summed E-state index contributed by atoms with van der Waals surface area (Å²) in [6.45, 7) is 0. The molecule has 0 aliphatic carbocycles. The van der Waals surface area contributed by atoms with E-state index in [-0.39, 0.29) is 5.38 Å². The molecule has 0 bridgehead atoms. The van der Waals surface area contributed by atoms with Crippen molar-refractivity contribution < 1.29 is 0 Å². The number of hydrogen-bond acceptors (Lipinski definition) is 1. The normalized spacial score (nSPS) is 12.8. The molecule has 0 fully saturated rings. The Hall–Kier alpha value is -0.100. The zero-order valence-electron chi connectivity index (χ0n) is 9.74. The van der Waals surface area contributed by atoms with Crippen molar-refractivity contribution in [2.24, 2.45) is 0 Å². The maximum absolute atomic E-state index is 6.66. The molecular weight excluding hydrogens is 454 g/mol. The van der Waals surface area contributed by atoms with Crippen molar-refractivity contribution >= 4 is 71.5 Å². The summed E-state index contributed by atoms with van der Waals surface area (Å²) in [6.07, 6.45) is 0. The fraction of sp³-hybridized carbons (Fsp3) is 0.0667. The van der Waals surface area contributed by atoms with Crippen molar-refractivity contribution in [2.75, 3.05) is 0 Å². The van der Waals surface area contributed by atoms with Crippen LogP contribution in [-0.4, -0.2) is 0 Å². The number of benzene rings is 2. The highest BCUT2D eigenvalue weighted by Gasteiger charge is 2.16. The quantitative estimate of drug-likeness (QED) is 0.297. The van der Waals surface area contributed by atoms with E-state index >= 15 is 0 Å². The minimum atomic E-state index is -0.0993. The summed E-state index contributed by atoms with van der Waals surface area (Å²) in [6, 6.07) is 14.6. The Balaban J connectivity index is 2.12. The van der Waals surface area contributed by atoms with E-state index < -0.39 is 0 Å². The van der Waals surface area contributed by atoms with Gasteiger partial charge in [-0.3, -0.25) is 0 Å². The first-order valence-corrected chi connectivity index (χ1v) is 8.91. The zero-order chi connectivity index (χ0) is 13.4. The Morgan fingerprint density at radius 3 is 2.74 bits per heavy atom. The minimum absolute atomic E-state index is 0.0993. The van der Waals surface area contributed by atoms with Gasteiger partial charge in [-0.15, -0.1) is 22.9 Å². The van der Waals surface area contributed by atoms with Crippen LogP contribution in [0, 0.1) is 3.57 Å². The van der Waals surface area contributed by atoms with Crippen LogP contribution in [-0.2, 0) is 0 Å². The molecule has 0 aliphatic rings. The molecule has 3 aromatic rings. The average molecular weight is 464 g/mol. The van der Waals surface area contributed by atoms with Gasteiger partial charge in [-0.05, 0) is 78.6 Å². The molecule has 0 saturated heterocycles. The molecule has 0 spiro atoms. The molecule has 0 saturated carbocycles. The summed E-state index contributed by atoms with van der Waals surface area (Å²) >= 11 is 14.3. The third kappa shape index (κ3) is 2.71. The second kappa shape index (κ2) is 5.72. The van der Waals surface area contributed by atoms with E-state index in [2.05, 4.69) is 86.4 Å². The van der Waals surface area contributed by atoms with Crippen LogP contribution in [0.2, 0.25) is 0 Å². The maximum atomic E-state index is 6.66. The summed E-state index contributed by atoms with van der Waals surface area (Å²) in [5.41, 5.74) is 2.33. The molecule has 0 radical (unpaired) electrons. The number of thiophene rings is 1. The van der Waals surface area contributed by atoms with E-state index in [0.717, 1.165) is 10.0 Å². The number of fused-ring (bicyclic) bond motifs is 1. The number of alkyl halides is 1. The van der Waals surface area contributed by atoms with E-state index in [1.54, 1.807) is 11.3 Å². The van der Waals surface area contributed by atoms with Crippen LogP contribution >= 0.6 is 61.5 Å². The van der Waals surface area contributed by atoms with Crippen molar-refractivity contribution in [1.29, 1.82) is 0 Å². The van der Waals surface area contributed by atoms with Gasteiger partial charge in [-0.1, -0.05) is 24.3 Å². The summed E-state index contributed by atoms with van der Waals surface area (Å²) in [5.74, 6) is 0. The molecule has 0 nitrogen and oxygen atoms in total. The molecule has 2 aromatic carbocycles. The SMILES string of the molecule is ClC(c1cccc(I)c1)c1csc2c(Br)cccc12. The van der Waals surface area contributed by atoms with Gasteiger partial charge in [0.1, 0.15) is 0 Å². The van der Waals surface area contributed by atoms with Gasteiger partial charge in [0, 0.05) is 12.7 Å². The molecule has 0 aliphatic heterocycles. The van der Waals surface area contributed by atoms with Gasteiger partial charge >= 0.3 is 0 Å². The van der Waals surface area contributed by atoms with Crippen LogP contribution in [0.4, 0.5) is 0 Å².